The summed E-state index contributed by atoms with van der Waals surface area (Å²) < 4.78 is 0.848. The van der Waals surface area contributed by atoms with Crippen LogP contribution in [-0.2, 0) is 5.41 Å². The van der Waals surface area contributed by atoms with Gasteiger partial charge in [-0.05, 0) is 42.0 Å². The van der Waals surface area contributed by atoms with E-state index in [1.807, 2.05) is 6.07 Å². The average molecular weight is 255 g/mol. The van der Waals surface area contributed by atoms with Crippen LogP contribution in [0, 0.1) is 0 Å². The van der Waals surface area contributed by atoms with E-state index in [0.717, 1.165) is 22.9 Å². The van der Waals surface area contributed by atoms with E-state index in [2.05, 4.69) is 22.9 Å². The van der Waals surface area contributed by atoms with Crippen molar-refractivity contribution in [3.05, 3.63) is 33.8 Å². The minimum absolute atomic E-state index is 0.216. The molecule has 2 nitrogen and oxygen atoms in total. The lowest BCUT2D eigenvalue weighted by Gasteiger charge is -2.10. The summed E-state index contributed by atoms with van der Waals surface area (Å²) in [5.74, 6) is -0.864. The van der Waals surface area contributed by atoms with Gasteiger partial charge in [-0.25, -0.2) is 4.79 Å². The second kappa shape index (κ2) is 3.09. The lowest BCUT2D eigenvalue weighted by atomic mass is 9.96. The van der Waals surface area contributed by atoms with Crippen LogP contribution in [-0.4, -0.2) is 11.1 Å². The highest BCUT2D eigenvalue weighted by Gasteiger charge is 2.39. The Bertz CT molecular complexity index is 394. The molecule has 74 valence electrons. The summed E-state index contributed by atoms with van der Waals surface area (Å²) in [7, 11) is 0. The number of carboxylic acid groups (broad SMARTS) is 1. The van der Waals surface area contributed by atoms with Gasteiger partial charge in [-0.2, -0.15) is 0 Å². The second-order valence-electron chi connectivity index (χ2n) is 4.09. The Morgan fingerprint density at radius 1 is 1.43 bits per heavy atom. The molecule has 1 aliphatic rings. The Kier molecular flexibility index (Phi) is 2.14. The van der Waals surface area contributed by atoms with E-state index in [9.17, 15) is 4.79 Å². The Labute approximate surface area is 91.1 Å². The molecule has 0 bridgehead atoms. The van der Waals surface area contributed by atoms with Crippen LogP contribution < -0.4 is 0 Å². The molecular formula is C11H11BrO2. The first-order chi connectivity index (χ1) is 6.51. The maximum atomic E-state index is 10.8. The van der Waals surface area contributed by atoms with E-state index in [1.165, 1.54) is 0 Å². The van der Waals surface area contributed by atoms with E-state index < -0.39 is 5.97 Å². The normalized spacial score (nSPS) is 17.9. The third-order valence-corrected chi connectivity index (χ3v) is 3.30. The molecule has 2 rings (SSSR count). The summed E-state index contributed by atoms with van der Waals surface area (Å²) in [5, 5.41) is 8.90. The molecule has 0 aliphatic heterocycles. The lowest BCUT2D eigenvalue weighted by Crippen LogP contribution is -2.03. The molecule has 0 spiro atoms. The topological polar surface area (TPSA) is 37.3 Å². The summed E-state index contributed by atoms with van der Waals surface area (Å²) in [6.07, 6.45) is 2.31. The fourth-order valence-electron chi connectivity index (χ4n) is 1.54. The maximum Gasteiger partial charge on any atom is 0.335 e. The molecule has 1 aliphatic carbocycles. The summed E-state index contributed by atoms with van der Waals surface area (Å²) in [5.41, 5.74) is 1.71. The van der Waals surface area contributed by atoms with Gasteiger partial charge < -0.3 is 5.11 Å². The minimum Gasteiger partial charge on any atom is -0.478 e. The standard InChI is InChI=1S/C11H11BrO2/c1-11(2-3-11)8-4-7(10(13)14)5-9(12)6-8/h4-6H,2-3H2,1H3,(H,13,14). The third-order valence-electron chi connectivity index (χ3n) is 2.84. The smallest absolute Gasteiger partial charge is 0.335 e. The first kappa shape index (κ1) is 9.71. The molecule has 0 heterocycles. The molecule has 0 amide bonds. The number of halogens is 1. The molecule has 0 radical (unpaired) electrons. The van der Waals surface area contributed by atoms with E-state index >= 15 is 0 Å². The van der Waals surface area contributed by atoms with Crippen molar-refractivity contribution < 1.29 is 9.90 Å². The van der Waals surface area contributed by atoms with Crippen LogP contribution in [0.15, 0.2) is 22.7 Å². The summed E-state index contributed by atoms with van der Waals surface area (Å²) in [6, 6.07) is 5.43. The predicted molar refractivity (Wildman–Crippen MR) is 57.7 cm³/mol. The van der Waals surface area contributed by atoms with Gasteiger partial charge in [0.05, 0.1) is 5.56 Å². The van der Waals surface area contributed by atoms with Crippen molar-refractivity contribution >= 4 is 21.9 Å². The average Bonchev–Trinajstić information content (AvgIpc) is 2.84. The highest BCUT2D eigenvalue weighted by Crippen LogP contribution is 2.48. The van der Waals surface area contributed by atoms with Crippen LogP contribution in [0.3, 0.4) is 0 Å². The van der Waals surface area contributed by atoms with Crippen molar-refractivity contribution in [1.29, 1.82) is 0 Å². The number of aromatic carboxylic acids is 1. The molecule has 0 saturated heterocycles. The number of carboxylic acids is 1. The third kappa shape index (κ3) is 1.69. The molecule has 3 heteroatoms. The molecule has 1 aromatic rings. The van der Waals surface area contributed by atoms with Crippen LogP contribution in [0.5, 0.6) is 0 Å². The van der Waals surface area contributed by atoms with Gasteiger partial charge >= 0.3 is 5.97 Å². The van der Waals surface area contributed by atoms with Crippen molar-refractivity contribution in [3.8, 4) is 0 Å². The largest absolute Gasteiger partial charge is 0.478 e. The van der Waals surface area contributed by atoms with Gasteiger partial charge in [-0.15, -0.1) is 0 Å². The van der Waals surface area contributed by atoms with Crippen LogP contribution in [0.2, 0.25) is 0 Å². The maximum absolute atomic E-state index is 10.8. The monoisotopic (exact) mass is 254 g/mol. The summed E-state index contributed by atoms with van der Waals surface area (Å²) in [4.78, 5) is 10.8. The molecule has 1 aromatic carbocycles. The molecule has 0 atom stereocenters. The van der Waals surface area contributed by atoms with Crippen molar-refractivity contribution in [2.24, 2.45) is 0 Å². The van der Waals surface area contributed by atoms with Crippen LogP contribution >= 0.6 is 15.9 Å². The highest BCUT2D eigenvalue weighted by molar-refractivity contribution is 9.10. The van der Waals surface area contributed by atoms with Crippen LogP contribution in [0.4, 0.5) is 0 Å². The van der Waals surface area contributed by atoms with E-state index in [0.29, 0.717) is 5.56 Å². The van der Waals surface area contributed by atoms with E-state index in [4.69, 9.17) is 5.11 Å². The van der Waals surface area contributed by atoms with E-state index in [1.54, 1.807) is 12.1 Å². The molecule has 1 N–H and O–H groups in total. The second-order valence-corrected chi connectivity index (χ2v) is 5.01. The Balaban J connectivity index is 2.47. The molecule has 1 fully saturated rings. The van der Waals surface area contributed by atoms with Crippen LogP contribution in [0.1, 0.15) is 35.7 Å². The zero-order chi connectivity index (χ0) is 10.3. The fraction of sp³-hybridized carbons (Fsp3) is 0.364. The zero-order valence-electron chi connectivity index (χ0n) is 7.88. The number of benzene rings is 1. The van der Waals surface area contributed by atoms with Crippen molar-refractivity contribution in [3.63, 3.8) is 0 Å². The molecular weight excluding hydrogens is 244 g/mol. The summed E-state index contributed by atoms with van der Waals surface area (Å²) in [6.45, 7) is 2.17. The van der Waals surface area contributed by atoms with Gasteiger partial charge in [0, 0.05) is 4.47 Å². The minimum atomic E-state index is -0.864. The Hall–Kier alpha value is -0.830. The SMILES string of the molecule is CC1(c2cc(Br)cc(C(=O)O)c2)CC1. The number of hydrogen-bond donors (Lipinski definition) is 1. The molecule has 1 saturated carbocycles. The van der Waals surface area contributed by atoms with Crippen molar-refractivity contribution in [2.45, 2.75) is 25.2 Å². The zero-order valence-corrected chi connectivity index (χ0v) is 9.47. The first-order valence-electron chi connectivity index (χ1n) is 4.56. The Morgan fingerprint density at radius 2 is 2.07 bits per heavy atom. The molecule has 0 unspecified atom stereocenters. The number of rotatable bonds is 2. The Morgan fingerprint density at radius 3 is 2.57 bits per heavy atom. The van der Waals surface area contributed by atoms with Gasteiger partial charge in [-0.1, -0.05) is 22.9 Å². The molecule has 0 aromatic heterocycles. The quantitative estimate of drug-likeness (QED) is 0.881. The predicted octanol–water partition coefficient (Wildman–Crippen LogP) is 3.20. The van der Waals surface area contributed by atoms with E-state index in [-0.39, 0.29) is 5.41 Å². The fourth-order valence-corrected chi connectivity index (χ4v) is 2.03. The lowest BCUT2D eigenvalue weighted by molar-refractivity contribution is 0.0696. The first-order valence-corrected chi connectivity index (χ1v) is 5.35. The van der Waals surface area contributed by atoms with Crippen molar-refractivity contribution in [1.82, 2.24) is 0 Å². The highest BCUT2D eigenvalue weighted by atomic mass is 79.9. The number of hydrogen-bond acceptors (Lipinski definition) is 1. The van der Waals surface area contributed by atoms with Gasteiger partial charge in [0.25, 0.3) is 0 Å². The van der Waals surface area contributed by atoms with Gasteiger partial charge in [-0.3, -0.25) is 0 Å². The van der Waals surface area contributed by atoms with Crippen molar-refractivity contribution in [2.75, 3.05) is 0 Å². The number of carbonyl (C=O) groups is 1. The van der Waals surface area contributed by atoms with Gasteiger partial charge in [0.15, 0.2) is 0 Å². The molecule has 14 heavy (non-hydrogen) atoms. The van der Waals surface area contributed by atoms with Gasteiger partial charge in [0.2, 0.25) is 0 Å². The van der Waals surface area contributed by atoms with Gasteiger partial charge in [0.1, 0.15) is 0 Å². The summed E-state index contributed by atoms with van der Waals surface area (Å²) >= 11 is 3.34. The van der Waals surface area contributed by atoms with Crippen LogP contribution in [0.25, 0.3) is 0 Å².